The third-order valence-electron chi connectivity index (χ3n) is 4.03. The molecule has 0 bridgehead atoms. The highest BCUT2D eigenvalue weighted by atomic mass is 19.1. The van der Waals surface area contributed by atoms with Crippen molar-refractivity contribution in [2.24, 2.45) is 0 Å². The van der Waals surface area contributed by atoms with E-state index in [1.54, 1.807) is 24.4 Å². The van der Waals surface area contributed by atoms with Gasteiger partial charge in [-0.25, -0.2) is 14.2 Å². The van der Waals surface area contributed by atoms with Gasteiger partial charge in [-0.1, -0.05) is 0 Å². The quantitative estimate of drug-likeness (QED) is 0.699. The molecule has 2 aromatic heterocycles. The largest absolute Gasteiger partial charge is 0.338 e. The SMILES string of the molecule is CCNC(=O)Nc1cc(-c2cn(C(C)C)nc2-c2ccc(F)cc2)ccn1. The minimum atomic E-state index is -0.307. The predicted molar refractivity (Wildman–Crippen MR) is 104 cm³/mol. The van der Waals surface area contributed by atoms with E-state index in [0.29, 0.717) is 12.4 Å². The van der Waals surface area contributed by atoms with E-state index in [9.17, 15) is 9.18 Å². The number of rotatable bonds is 5. The molecule has 3 aromatic rings. The molecule has 0 unspecified atom stereocenters. The fourth-order valence-corrected chi connectivity index (χ4v) is 2.68. The topological polar surface area (TPSA) is 71.8 Å². The number of halogens is 1. The number of urea groups is 1. The highest BCUT2D eigenvalue weighted by molar-refractivity contribution is 5.89. The number of aromatic nitrogens is 3. The number of anilines is 1. The van der Waals surface area contributed by atoms with Crippen molar-refractivity contribution in [3.63, 3.8) is 0 Å². The van der Waals surface area contributed by atoms with Crippen molar-refractivity contribution < 1.29 is 9.18 Å². The molecule has 3 rings (SSSR count). The number of nitrogens with one attached hydrogen (secondary N) is 2. The molecule has 0 fully saturated rings. The highest BCUT2D eigenvalue weighted by Gasteiger charge is 2.15. The molecule has 0 radical (unpaired) electrons. The zero-order valence-electron chi connectivity index (χ0n) is 15.5. The molecular weight excluding hydrogens is 345 g/mol. The maximum atomic E-state index is 13.3. The predicted octanol–water partition coefficient (Wildman–Crippen LogP) is 4.47. The fraction of sp³-hybridized carbons (Fsp3) is 0.250. The summed E-state index contributed by atoms with van der Waals surface area (Å²) < 4.78 is 15.2. The molecule has 7 heteroatoms. The Morgan fingerprint density at radius 2 is 1.93 bits per heavy atom. The van der Waals surface area contributed by atoms with Gasteiger partial charge in [-0.05, 0) is 62.7 Å². The lowest BCUT2D eigenvalue weighted by molar-refractivity contribution is 0.252. The molecule has 0 atom stereocenters. The standard InChI is InChI=1S/C20H22FN5O/c1-4-22-20(27)24-18-11-15(9-10-23-18)17-12-26(13(2)3)25-19(17)14-5-7-16(21)8-6-14/h5-13H,4H2,1-3H3,(H2,22,23,24,27). The van der Waals surface area contributed by atoms with Gasteiger partial charge in [0.2, 0.25) is 0 Å². The van der Waals surface area contributed by atoms with E-state index < -0.39 is 0 Å². The van der Waals surface area contributed by atoms with Crippen LogP contribution in [-0.2, 0) is 0 Å². The molecule has 0 saturated carbocycles. The Morgan fingerprint density at radius 1 is 1.19 bits per heavy atom. The van der Waals surface area contributed by atoms with Crippen LogP contribution in [0, 0.1) is 5.82 Å². The third kappa shape index (κ3) is 4.31. The number of carbonyl (C=O) groups is 1. The van der Waals surface area contributed by atoms with Crippen molar-refractivity contribution in [1.82, 2.24) is 20.1 Å². The Kier molecular flexibility index (Phi) is 5.49. The van der Waals surface area contributed by atoms with Gasteiger partial charge in [-0.15, -0.1) is 0 Å². The van der Waals surface area contributed by atoms with E-state index in [0.717, 1.165) is 22.4 Å². The number of benzene rings is 1. The molecule has 0 aliphatic carbocycles. The Morgan fingerprint density at radius 3 is 2.59 bits per heavy atom. The number of hydrogen-bond acceptors (Lipinski definition) is 3. The fourth-order valence-electron chi connectivity index (χ4n) is 2.68. The lowest BCUT2D eigenvalue weighted by atomic mass is 10.0. The van der Waals surface area contributed by atoms with Gasteiger partial charge in [0.1, 0.15) is 17.3 Å². The molecule has 0 spiro atoms. The zero-order chi connectivity index (χ0) is 19.4. The van der Waals surface area contributed by atoms with E-state index in [-0.39, 0.29) is 17.9 Å². The molecule has 2 heterocycles. The Bertz CT molecular complexity index is 934. The van der Waals surface area contributed by atoms with Crippen LogP contribution in [0.5, 0.6) is 0 Å². The first-order valence-corrected chi connectivity index (χ1v) is 8.84. The van der Waals surface area contributed by atoms with Crippen LogP contribution in [0.25, 0.3) is 22.4 Å². The van der Waals surface area contributed by atoms with Gasteiger partial charge in [0, 0.05) is 36.1 Å². The smallest absolute Gasteiger partial charge is 0.320 e. The van der Waals surface area contributed by atoms with Crippen molar-refractivity contribution in [1.29, 1.82) is 0 Å². The zero-order valence-corrected chi connectivity index (χ0v) is 15.5. The van der Waals surface area contributed by atoms with Crippen LogP contribution in [-0.4, -0.2) is 27.3 Å². The molecule has 140 valence electrons. The van der Waals surface area contributed by atoms with Gasteiger partial charge in [-0.2, -0.15) is 5.10 Å². The average Bonchev–Trinajstić information content (AvgIpc) is 3.08. The highest BCUT2D eigenvalue weighted by Crippen LogP contribution is 2.32. The average molecular weight is 367 g/mol. The molecule has 0 aliphatic rings. The molecule has 0 aliphatic heterocycles. The minimum absolute atomic E-state index is 0.174. The monoisotopic (exact) mass is 367 g/mol. The summed E-state index contributed by atoms with van der Waals surface area (Å²) in [7, 11) is 0. The molecule has 6 nitrogen and oxygen atoms in total. The first-order chi connectivity index (χ1) is 13.0. The van der Waals surface area contributed by atoms with Crippen molar-refractivity contribution in [3.05, 3.63) is 54.6 Å². The maximum absolute atomic E-state index is 13.3. The summed E-state index contributed by atoms with van der Waals surface area (Å²) in [6.07, 6.45) is 3.59. The summed E-state index contributed by atoms with van der Waals surface area (Å²) in [6.45, 7) is 6.46. The molecule has 0 saturated heterocycles. The summed E-state index contributed by atoms with van der Waals surface area (Å²) in [4.78, 5) is 16.0. The second kappa shape index (κ2) is 7.99. The Hall–Kier alpha value is -3.22. The van der Waals surface area contributed by atoms with Crippen molar-refractivity contribution in [3.8, 4) is 22.4 Å². The van der Waals surface area contributed by atoms with Gasteiger partial charge < -0.3 is 5.32 Å². The van der Waals surface area contributed by atoms with Gasteiger partial charge in [0.25, 0.3) is 0 Å². The molecular formula is C20H22FN5O. The van der Waals surface area contributed by atoms with Crippen LogP contribution in [0.3, 0.4) is 0 Å². The van der Waals surface area contributed by atoms with Crippen molar-refractivity contribution in [2.75, 3.05) is 11.9 Å². The first-order valence-electron chi connectivity index (χ1n) is 8.84. The summed E-state index contributed by atoms with van der Waals surface area (Å²) in [5, 5.41) is 10.1. The van der Waals surface area contributed by atoms with Gasteiger partial charge in [0.15, 0.2) is 0 Å². The van der Waals surface area contributed by atoms with Crippen molar-refractivity contribution in [2.45, 2.75) is 26.8 Å². The van der Waals surface area contributed by atoms with Crippen molar-refractivity contribution >= 4 is 11.8 Å². The third-order valence-corrected chi connectivity index (χ3v) is 4.03. The Balaban J connectivity index is 2.03. The number of nitrogens with zero attached hydrogens (tertiary/aromatic N) is 3. The Labute approximate surface area is 157 Å². The van der Waals surface area contributed by atoms with Crippen LogP contribution in [0.15, 0.2) is 48.8 Å². The van der Waals surface area contributed by atoms with E-state index in [1.165, 1.54) is 12.1 Å². The molecule has 27 heavy (non-hydrogen) atoms. The number of carbonyl (C=O) groups excluding carboxylic acids is 1. The lowest BCUT2D eigenvalue weighted by Crippen LogP contribution is -2.28. The van der Waals surface area contributed by atoms with Crippen LogP contribution in [0.1, 0.15) is 26.8 Å². The van der Waals surface area contributed by atoms with Gasteiger partial charge in [0.05, 0.1) is 0 Å². The van der Waals surface area contributed by atoms with Crippen LogP contribution in [0.4, 0.5) is 15.0 Å². The summed E-state index contributed by atoms with van der Waals surface area (Å²) in [5.74, 6) is 0.154. The van der Waals surface area contributed by atoms with E-state index in [4.69, 9.17) is 0 Å². The lowest BCUT2D eigenvalue weighted by Gasteiger charge is -2.07. The van der Waals surface area contributed by atoms with Crippen LogP contribution >= 0.6 is 0 Å². The second-order valence-corrected chi connectivity index (χ2v) is 6.39. The summed E-state index contributed by atoms with van der Waals surface area (Å²) in [6, 6.07) is 9.78. The van der Waals surface area contributed by atoms with Crippen LogP contribution < -0.4 is 10.6 Å². The summed E-state index contributed by atoms with van der Waals surface area (Å²) >= 11 is 0. The normalized spacial score (nSPS) is 10.9. The first kappa shape index (κ1) is 18.6. The molecule has 2 N–H and O–H groups in total. The van der Waals surface area contributed by atoms with E-state index in [2.05, 4.69) is 20.7 Å². The minimum Gasteiger partial charge on any atom is -0.338 e. The van der Waals surface area contributed by atoms with Crippen LogP contribution in [0.2, 0.25) is 0 Å². The number of amides is 2. The molecule has 1 aromatic carbocycles. The van der Waals surface area contributed by atoms with E-state index in [1.807, 2.05) is 37.7 Å². The number of hydrogen-bond donors (Lipinski definition) is 2. The van der Waals surface area contributed by atoms with Gasteiger partial charge >= 0.3 is 6.03 Å². The van der Waals surface area contributed by atoms with Gasteiger partial charge in [-0.3, -0.25) is 10.00 Å². The van der Waals surface area contributed by atoms with E-state index >= 15 is 0 Å². The summed E-state index contributed by atoms with van der Waals surface area (Å²) in [5.41, 5.74) is 3.32. The maximum Gasteiger partial charge on any atom is 0.320 e. The number of pyridine rings is 1. The second-order valence-electron chi connectivity index (χ2n) is 6.39. The molecule has 2 amide bonds.